The molecule has 8 heteroatoms. The van der Waals surface area contributed by atoms with E-state index in [0.717, 1.165) is 37.9 Å². The number of nitrogens with zero attached hydrogens (tertiary/aromatic N) is 1. The van der Waals surface area contributed by atoms with Gasteiger partial charge in [0.25, 0.3) is 11.8 Å². The summed E-state index contributed by atoms with van der Waals surface area (Å²) in [5, 5.41) is 2.80. The molecule has 1 aliphatic heterocycles. The number of nitrogens with one attached hydrogen (secondary N) is 2. The number of likely N-dealkylation sites (tertiary alicyclic amines) is 1. The summed E-state index contributed by atoms with van der Waals surface area (Å²) in [5.74, 6) is -0.287. The molecule has 2 aromatic carbocycles. The van der Waals surface area contributed by atoms with Crippen LogP contribution in [0.2, 0.25) is 0 Å². The lowest BCUT2D eigenvalue weighted by Crippen LogP contribution is -2.35. The van der Waals surface area contributed by atoms with Gasteiger partial charge in [0, 0.05) is 30.8 Å². The summed E-state index contributed by atoms with van der Waals surface area (Å²) in [4.78, 5) is 27.0. The lowest BCUT2D eigenvalue weighted by Gasteiger charge is -2.26. The van der Waals surface area contributed by atoms with E-state index in [4.69, 9.17) is 0 Å². The average Bonchev–Trinajstić information content (AvgIpc) is 2.77. The molecule has 7 nitrogen and oxygen atoms in total. The molecule has 29 heavy (non-hydrogen) atoms. The van der Waals surface area contributed by atoms with Crippen LogP contribution in [-0.2, 0) is 16.6 Å². The summed E-state index contributed by atoms with van der Waals surface area (Å²) in [7, 11) is -2.20. The number of hydrogen-bond acceptors (Lipinski definition) is 4. The van der Waals surface area contributed by atoms with Gasteiger partial charge in [-0.25, -0.2) is 13.1 Å². The largest absolute Gasteiger partial charge is 0.348 e. The molecule has 2 amide bonds. The van der Waals surface area contributed by atoms with Crippen LogP contribution in [0.15, 0.2) is 53.4 Å². The predicted octanol–water partition coefficient (Wildman–Crippen LogP) is 2.15. The number of benzene rings is 2. The number of hydrogen-bond donors (Lipinski definition) is 2. The number of sulfonamides is 1. The van der Waals surface area contributed by atoms with E-state index < -0.39 is 10.0 Å². The van der Waals surface area contributed by atoms with Gasteiger partial charge in [-0.3, -0.25) is 9.59 Å². The zero-order valence-corrected chi connectivity index (χ0v) is 17.2. The molecule has 154 valence electrons. The molecule has 0 unspecified atom stereocenters. The molecule has 1 aliphatic rings. The van der Waals surface area contributed by atoms with Gasteiger partial charge in [0.15, 0.2) is 0 Å². The molecule has 0 saturated carbocycles. The Morgan fingerprint density at radius 1 is 0.966 bits per heavy atom. The molecule has 1 fully saturated rings. The molecule has 1 saturated heterocycles. The Kier molecular flexibility index (Phi) is 6.66. The molecule has 1 heterocycles. The van der Waals surface area contributed by atoms with Crippen LogP contribution in [0, 0.1) is 0 Å². The zero-order chi connectivity index (χ0) is 20.9. The quantitative estimate of drug-likeness (QED) is 0.756. The van der Waals surface area contributed by atoms with E-state index in [1.807, 2.05) is 17.0 Å². The molecule has 2 N–H and O–H groups in total. The molecule has 0 spiro atoms. The molecule has 0 bridgehead atoms. The topological polar surface area (TPSA) is 95.6 Å². The molecule has 3 rings (SSSR count). The van der Waals surface area contributed by atoms with Gasteiger partial charge in [0.05, 0.1) is 4.90 Å². The monoisotopic (exact) mass is 415 g/mol. The molecular formula is C21H25N3O4S. The van der Waals surface area contributed by atoms with E-state index in [1.165, 1.54) is 31.3 Å². The van der Waals surface area contributed by atoms with Gasteiger partial charge in [0.2, 0.25) is 10.0 Å². The first-order chi connectivity index (χ1) is 13.9. The lowest BCUT2D eigenvalue weighted by atomic mass is 10.1. The Hall–Kier alpha value is -2.71. The molecule has 2 aromatic rings. The van der Waals surface area contributed by atoms with E-state index in [0.29, 0.717) is 11.1 Å². The van der Waals surface area contributed by atoms with Crippen molar-refractivity contribution in [3.63, 3.8) is 0 Å². The lowest BCUT2D eigenvalue weighted by molar-refractivity contribution is 0.0724. The van der Waals surface area contributed by atoms with Crippen molar-refractivity contribution >= 4 is 21.8 Å². The van der Waals surface area contributed by atoms with Gasteiger partial charge >= 0.3 is 0 Å². The second-order valence-electron chi connectivity index (χ2n) is 6.97. The normalized spacial score (nSPS) is 14.4. The highest BCUT2D eigenvalue weighted by Gasteiger charge is 2.18. The van der Waals surface area contributed by atoms with Gasteiger partial charge in [-0.15, -0.1) is 0 Å². The zero-order valence-electron chi connectivity index (χ0n) is 16.3. The Labute approximate surface area is 171 Å². The Balaban J connectivity index is 1.62. The number of amides is 2. The molecule has 0 aliphatic carbocycles. The first-order valence-corrected chi connectivity index (χ1v) is 11.1. The van der Waals surface area contributed by atoms with Crippen LogP contribution < -0.4 is 10.0 Å². The van der Waals surface area contributed by atoms with Crippen molar-refractivity contribution in [2.75, 3.05) is 20.1 Å². The summed E-state index contributed by atoms with van der Waals surface area (Å²) >= 11 is 0. The highest BCUT2D eigenvalue weighted by molar-refractivity contribution is 7.89. The van der Waals surface area contributed by atoms with Gasteiger partial charge in [0.1, 0.15) is 0 Å². The van der Waals surface area contributed by atoms with Crippen molar-refractivity contribution < 1.29 is 18.0 Å². The van der Waals surface area contributed by atoms with Crippen molar-refractivity contribution in [1.82, 2.24) is 14.9 Å². The van der Waals surface area contributed by atoms with E-state index in [1.54, 1.807) is 12.1 Å². The van der Waals surface area contributed by atoms with Gasteiger partial charge < -0.3 is 10.2 Å². The number of carbonyl (C=O) groups is 2. The fourth-order valence-electron chi connectivity index (χ4n) is 3.28. The third-order valence-electron chi connectivity index (χ3n) is 4.97. The summed E-state index contributed by atoms with van der Waals surface area (Å²) in [6.45, 7) is 1.86. The highest BCUT2D eigenvalue weighted by Crippen LogP contribution is 2.15. The van der Waals surface area contributed by atoms with Crippen LogP contribution in [0.4, 0.5) is 0 Å². The second-order valence-corrected chi connectivity index (χ2v) is 8.85. The van der Waals surface area contributed by atoms with Gasteiger partial charge in [-0.1, -0.05) is 12.1 Å². The summed E-state index contributed by atoms with van der Waals surface area (Å²) in [6, 6.07) is 13.0. The van der Waals surface area contributed by atoms with Crippen LogP contribution in [0.1, 0.15) is 45.5 Å². The maximum atomic E-state index is 12.6. The molecule has 0 aromatic heterocycles. The van der Waals surface area contributed by atoms with Crippen molar-refractivity contribution in [3.05, 3.63) is 65.2 Å². The summed E-state index contributed by atoms with van der Waals surface area (Å²) in [6.07, 6.45) is 3.24. The minimum Gasteiger partial charge on any atom is -0.348 e. The van der Waals surface area contributed by atoms with Crippen LogP contribution in [0.3, 0.4) is 0 Å². The highest BCUT2D eigenvalue weighted by atomic mass is 32.2. The average molecular weight is 416 g/mol. The second kappa shape index (κ2) is 9.19. The Morgan fingerprint density at radius 3 is 2.31 bits per heavy atom. The SMILES string of the molecule is CNS(=O)(=O)c1ccc(C(=O)NCc2cccc(C(=O)N3CCCCC3)c2)cc1. The van der Waals surface area contributed by atoms with Gasteiger partial charge in [-0.2, -0.15) is 0 Å². The first-order valence-electron chi connectivity index (χ1n) is 9.61. The maximum Gasteiger partial charge on any atom is 0.253 e. The summed E-state index contributed by atoms with van der Waals surface area (Å²) < 4.78 is 25.7. The number of rotatable bonds is 6. The molecular weight excluding hydrogens is 390 g/mol. The van der Waals surface area contributed by atoms with Crippen molar-refractivity contribution in [2.45, 2.75) is 30.7 Å². The molecule has 0 atom stereocenters. The smallest absolute Gasteiger partial charge is 0.253 e. The van der Waals surface area contributed by atoms with Crippen molar-refractivity contribution in [3.8, 4) is 0 Å². The van der Waals surface area contributed by atoms with Gasteiger partial charge in [-0.05, 0) is 68.3 Å². The fourth-order valence-corrected chi connectivity index (χ4v) is 4.01. The first kappa shape index (κ1) is 21.0. The Morgan fingerprint density at radius 2 is 1.66 bits per heavy atom. The van der Waals surface area contributed by atoms with Crippen LogP contribution in [-0.4, -0.2) is 45.3 Å². The fraction of sp³-hybridized carbons (Fsp3) is 0.333. The standard InChI is InChI=1S/C21H25N3O4S/c1-22-29(27,28)19-10-8-17(9-11-19)20(25)23-15-16-6-5-7-18(14-16)21(26)24-12-3-2-4-13-24/h5-11,14,22H,2-4,12-13,15H2,1H3,(H,23,25). The Bertz CT molecular complexity index is 981. The van der Waals surface area contributed by atoms with Crippen molar-refractivity contribution in [2.24, 2.45) is 0 Å². The van der Waals surface area contributed by atoms with E-state index in [2.05, 4.69) is 10.0 Å². The van der Waals surface area contributed by atoms with Crippen LogP contribution in [0.25, 0.3) is 0 Å². The predicted molar refractivity (Wildman–Crippen MR) is 110 cm³/mol. The van der Waals surface area contributed by atoms with Crippen LogP contribution in [0.5, 0.6) is 0 Å². The maximum absolute atomic E-state index is 12.6. The third-order valence-corrected chi connectivity index (χ3v) is 6.40. The number of carbonyl (C=O) groups excluding carboxylic acids is 2. The number of piperidine rings is 1. The van der Waals surface area contributed by atoms with Crippen LogP contribution >= 0.6 is 0 Å². The van der Waals surface area contributed by atoms with E-state index in [-0.39, 0.29) is 23.3 Å². The van der Waals surface area contributed by atoms with E-state index >= 15 is 0 Å². The summed E-state index contributed by atoms with van der Waals surface area (Å²) in [5.41, 5.74) is 1.82. The molecule has 0 radical (unpaired) electrons. The minimum absolute atomic E-state index is 0.0270. The third kappa shape index (κ3) is 5.21. The van der Waals surface area contributed by atoms with Crippen molar-refractivity contribution in [1.29, 1.82) is 0 Å². The van der Waals surface area contributed by atoms with E-state index in [9.17, 15) is 18.0 Å². The minimum atomic E-state index is -3.54.